The van der Waals surface area contributed by atoms with Gasteiger partial charge in [0.05, 0.1) is 6.10 Å². The van der Waals surface area contributed by atoms with Crippen molar-refractivity contribution in [1.82, 2.24) is 10.2 Å². The van der Waals surface area contributed by atoms with Gasteiger partial charge in [0, 0.05) is 19.1 Å². The van der Waals surface area contributed by atoms with Gasteiger partial charge in [-0.1, -0.05) is 17.7 Å². The Kier molecular flexibility index (Phi) is 6.84. The van der Waals surface area contributed by atoms with E-state index in [0.29, 0.717) is 19.7 Å². The van der Waals surface area contributed by atoms with Crippen LogP contribution in [0.25, 0.3) is 0 Å². The minimum absolute atomic E-state index is 0.207. The molecule has 0 aliphatic heterocycles. The molecule has 2 N–H and O–H groups in total. The van der Waals surface area contributed by atoms with Crippen LogP contribution in [0.3, 0.4) is 0 Å². The van der Waals surface area contributed by atoms with Gasteiger partial charge in [0.2, 0.25) is 0 Å². The van der Waals surface area contributed by atoms with E-state index in [2.05, 4.69) is 19.2 Å². The van der Waals surface area contributed by atoms with Gasteiger partial charge in [0.1, 0.15) is 12.4 Å². The fourth-order valence-electron chi connectivity index (χ4n) is 1.74. The van der Waals surface area contributed by atoms with Crippen molar-refractivity contribution < 1.29 is 9.84 Å². The van der Waals surface area contributed by atoms with E-state index >= 15 is 0 Å². The summed E-state index contributed by atoms with van der Waals surface area (Å²) >= 11 is 0. The number of nitrogens with zero attached hydrogens (tertiary/aromatic N) is 1. The maximum Gasteiger partial charge on any atom is 0.119 e. The first kappa shape index (κ1) is 16.0. The Balaban J connectivity index is 2.20. The lowest BCUT2D eigenvalue weighted by Gasteiger charge is -2.20. The van der Waals surface area contributed by atoms with Gasteiger partial charge in [0.25, 0.3) is 0 Å². The van der Waals surface area contributed by atoms with Crippen LogP contribution >= 0.6 is 0 Å². The molecule has 2 unspecified atom stereocenters. The number of aliphatic hydroxyl groups excluding tert-OH is 1. The van der Waals surface area contributed by atoms with Gasteiger partial charge in [-0.25, -0.2) is 0 Å². The third kappa shape index (κ3) is 7.15. The Morgan fingerprint density at radius 3 is 2.47 bits per heavy atom. The minimum Gasteiger partial charge on any atom is -0.492 e. The van der Waals surface area contributed by atoms with Crippen molar-refractivity contribution in [1.29, 1.82) is 0 Å². The smallest absolute Gasteiger partial charge is 0.119 e. The number of hydrogen-bond donors (Lipinski definition) is 2. The quantitative estimate of drug-likeness (QED) is 0.744. The Hall–Kier alpha value is -1.10. The highest BCUT2D eigenvalue weighted by molar-refractivity contribution is 5.26. The van der Waals surface area contributed by atoms with Crippen molar-refractivity contribution in [2.24, 2.45) is 0 Å². The second-order valence-corrected chi connectivity index (χ2v) is 5.35. The average Bonchev–Trinajstić information content (AvgIpc) is 2.35. The molecule has 0 fully saturated rings. The van der Waals surface area contributed by atoms with Crippen LogP contribution in [-0.4, -0.2) is 55.9 Å². The molecule has 0 aromatic heterocycles. The van der Waals surface area contributed by atoms with Gasteiger partial charge >= 0.3 is 0 Å². The standard InChI is InChI=1S/C15H26N2O2/c1-12-5-7-15(8-6-12)19-11-13(2)16-9-14(18)10-17(3)4/h5-8,13-14,16,18H,9-11H2,1-4H3. The number of hydrogen-bond acceptors (Lipinski definition) is 4. The molecule has 0 spiro atoms. The third-order valence-electron chi connectivity index (χ3n) is 2.80. The fourth-order valence-corrected chi connectivity index (χ4v) is 1.74. The molecule has 2 atom stereocenters. The summed E-state index contributed by atoms with van der Waals surface area (Å²) < 4.78 is 5.68. The molecular formula is C15H26N2O2. The topological polar surface area (TPSA) is 44.7 Å². The first-order valence-corrected chi connectivity index (χ1v) is 6.73. The van der Waals surface area contributed by atoms with Crippen molar-refractivity contribution in [3.8, 4) is 5.75 Å². The largest absolute Gasteiger partial charge is 0.492 e. The second-order valence-electron chi connectivity index (χ2n) is 5.35. The zero-order chi connectivity index (χ0) is 14.3. The number of ether oxygens (including phenoxy) is 1. The fraction of sp³-hybridized carbons (Fsp3) is 0.600. The first-order valence-electron chi connectivity index (χ1n) is 6.73. The Morgan fingerprint density at radius 2 is 1.89 bits per heavy atom. The zero-order valence-corrected chi connectivity index (χ0v) is 12.4. The van der Waals surface area contributed by atoms with Crippen LogP contribution in [0, 0.1) is 6.92 Å². The molecule has 0 heterocycles. The highest BCUT2D eigenvalue weighted by Crippen LogP contribution is 2.11. The van der Waals surface area contributed by atoms with Crippen LogP contribution in [-0.2, 0) is 0 Å². The molecule has 0 amide bonds. The maximum atomic E-state index is 9.74. The lowest BCUT2D eigenvalue weighted by atomic mass is 10.2. The summed E-state index contributed by atoms with van der Waals surface area (Å²) in [6.45, 7) is 5.95. The van der Waals surface area contributed by atoms with Gasteiger partial charge in [-0.3, -0.25) is 0 Å². The predicted molar refractivity (Wildman–Crippen MR) is 78.7 cm³/mol. The molecule has 1 aromatic carbocycles. The van der Waals surface area contributed by atoms with Crippen molar-refractivity contribution in [3.05, 3.63) is 29.8 Å². The molecule has 0 aliphatic rings. The summed E-state index contributed by atoms with van der Waals surface area (Å²) in [6.07, 6.45) is -0.350. The predicted octanol–water partition coefficient (Wildman–Crippen LogP) is 1.27. The van der Waals surface area contributed by atoms with E-state index in [4.69, 9.17) is 4.74 Å². The van der Waals surface area contributed by atoms with E-state index < -0.39 is 0 Å². The molecule has 0 aliphatic carbocycles. The molecule has 0 bridgehead atoms. The summed E-state index contributed by atoms with van der Waals surface area (Å²) in [5, 5.41) is 13.0. The summed E-state index contributed by atoms with van der Waals surface area (Å²) in [5.74, 6) is 0.882. The molecule has 0 saturated carbocycles. The van der Waals surface area contributed by atoms with Crippen LogP contribution in [0.5, 0.6) is 5.75 Å². The average molecular weight is 266 g/mol. The Morgan fingerprint density at radius 1 is 1.26 bits per heavy atom. The van der Waals surface area contributed by atoms with Crippen LogP contribution in [0.4, 0.5) is 0 Å². The molecule has 19 heavy (non-hydrogen) atoms. The molecular weight excluding hydrogens is 240 g/mol. The molecule has 108 valence electrons. The van der Waals surface area contributed by atoms with E-state index in [0.717, 1.165) is 5.75 Å². The zero-order valence-electron chi connectivity index (χ0n) is 12.4. The molecule has 0 radical (unpaired) electrons. The number of aliphatic hydroxyl groups is 1. The molecule has 4 heteroatoms. The summed E-state index contributed by atoms with van der Waals surface area (Å²) in [6, 6.07) is 8.23. The monoisotopic (exact) mass is 266 g/mol. The van der Waals surface area contributed by atoms with Gasteiger partial charge in [0.15, 0.2) is 0 Å². The highest BCUT2D eigenvalue weighted by atomic mass is 16.5. The first-order chi connectivity index (χ1) is 8.97. The molecule has 4 nitrogen and oxygen atoms in total. The second kappa shape index (κ2) is 8.15. The van der Waals surface area contributed by atoms with Crippen molar-refractivity contribution in [2.45, 2.75) is 26.0 Å². The van der Waals surface area contributed by atoms with E-state index in [1.807, 2.05) is 43.3 Å². The number of nitrogens with one attached hydrogen (secondary N) is 1. The van der Waals surface area contributed by atoms with E-state index in [1.54, 1.807) is 0 Å². The van der Waals surface area contributed by atoms with Crippen molar-refractivity contribution >= 4 is 0 Å². The third-order valence-corrected chi connectivity index (χ3v) is 2.80. The van der Waals surface area contributed by atoms with Gasteiger partial charge in [-0.15, -0.1) is 0 Å². The van der Waals surface area contributed by atoms with Crippen molar-refractivity contribution in [3.63, 3.8) is 0 Å². The summed E-state index contributed by atoms with van der Waals surface area (Å²) in [7, 11) is 3.90. The number of rotatable bonds is 8. The van der Waals surface area contributed by atoms with Crippen molar-refractivity contribution in [2.75, 3.05) is 33.8 Å². The minimum atomic E-state index is -0.350. The molecule has 0 saturated heterocycles. The lowest BCUT2D eigenvalue weighted by Crippen LogP contribution is -2.40. The number of benzene rings is 1. The van der Waals surface area contributed by atoms with Gasteiger partial charge in [-0.2, -0.15) is 0 Å². The number of likely N-dealkylation sites (N-methyl/N-ethyl adjacent to an activating group) is 1. The lowest BCUT2D eigenvalue weighted by molar-refractivity contribution is 0.128. The number of aryl methyl sites for hydroxylation is 1. The normalized spacial score (nSPS) is 14.4. The van der Waals surface area contributed by atoms with Crippen LogP contribution in [0.2, 0.25) is 0 Å². The SMILES string of the molecule is Cc1ccc(OCC(C)NCC(O)CN(C)C)cc1. The van der Waals surface area contributed by atoms with E-state index in [-0.39, 0.29) is 12.1 Å². The Labute approximate surface area is 116 Å². The van der Waals surface area contributed by atoms with Gasteiger partial charge < -0.3 is 20.1 Å². The molecule has 1 aromatic rings. The van der Waals surface area contributed by atoms with Crippen LogP contribution in [0.15, 0.2) is 24.3 Å². The molecule has 1 rings (SSSR count). The van der Waals surface area contributed by atoms with E-state index in [1.165, 1.54) is 5.56 Å². The highest BCUT2D eigenvalue weighted by Gasteiger charge is 2.08. The summed E-state index contributed by atoms with van der Waals surface area (Å²) in [4.78, 5) is 1.97. The van der Waals surface area contributed by atoms with Gasteiger partial charge in [-0.05, 0) is 40.1 Å². The summed E-state index contributed by atoms with van der Waals surface area (Å²) in [5.41, 5.74) is 1.23. The van der Waals surface area contributed by atoms with Crippen LogP contribution in [0.1, 0.15) is 12.5 Å². The maximum absolute atomic E-state index is 9.74. The van der Waals surface area contributed by atoms with Crippen LogP contribution < -0.4 is 10.1 Å². The van der Waals surface area contributed by atoms with E-state index in [9.17, 15) is 5.11 Å². The Bertz CT molecular complexity index is 352.